The van der Waals surface area contributed by atoms with Gasteiger partial charge in [0.25, 0.3) is 5.91 Å². The second-order valence-corrected chi connectivity index (χ2v) is 6.42. The third kappa shape index (κ3) is 2.80. The van der Waals surface area contributed by atoms with Crippen LogP contribution < -0.4 is 0 Å². The minimum absolute atomic E-state index is 0.121. The van der Waals surface area contributed by atoms with Crippen molar-refractivity contribution in [3.05, 3.63) is 66.1 Å². The number of H-pyrrole nitrogens is 1. The molecule has 1 amide bonds. The van der Waals surface area contributed by atoms with Gasteiger partial charge >= 0.3 is 0 Å². The standard InChI is InChI=1S/C20H21N3O/c24-20(17-6-5-15-9-12-22-18(15)14-17)23-13-3-1-2-4-19(23)16-7-10-21-11-8-16/h5-12,14,19,22H,1-4,13H2/t19-/m1/s1. The van der Waals surface area contributed by atoms with E-state index in [0.29, 0.717) is 0 Å². The van der Waals surface area contributed by atoms with Gasteiger partial charge in [0.1, 0.15) is 0 Å². The zero-order valence-corrected chi connectivity index (χ0v) is 13.6. The smallest absolute Gasteiger partial charge is 0.254 e. The highest BCUT2D eigenvalue weighted by Gasteiger charge is 2.27. The summed E-state index contributed by atoms with van der Waals surface area (Å²) < 4.78 is 0. The predicted molar refractivity (Wildman–Crippen MR) is 94.8 cm³/mol. The van der Waals surface area contributed by atoms with Crippen LogP contribution in [0.1, 0.15) is 47.6 Å². The van der Waals surface area contributed by atoms with Gasteiger partial charge in [0, 0.05) is 36.2 Å². The third-order valence-electron chi connectivity index (χ3n) is 4.91. The van der Waals surface area contributed by atoms with E-state index in [-0.39, 0.29) is 11.9 Å². The molecule has 4 rings (SSSR count). The highest BCUT2D eigenvalue weighted by Crippen LogP contribution is 2.31. The molecule has 0 unspecified atom stereocenters. The van der Waals surface area contributed by atoms with Gasteiger partial charge in [-0.3, -0.25) is 9.78 Å². The molecule has 0 bridgehead atoms. The Morgan fingerprint density at radius 3 is 2.83 bits per heavy atom. The van der Waals surface area contributed by atoms with E-state index in [4.69, 9.17) is 0 Å². The molecule has 0 aliphatic carbocycles. The lowest BCUT2D eigenvalue weighted by Gasteiger charge is -2.30. The zero-order valence-electron chi connectivity index (χ0n) is 13.6. The second kappa shape index (κ2) is 6.48. The summed E-state index contributed by atoms with van der Waals surface area (Å²) in [6.07, 6.45) is 9.96. The molecule has 1 aliphatic rings. The van der Waals surface area contributed by atoms with Gasteiger partial charge in [-0.25, -0.2) is 0 Å². The summed E-state index contributed by atoms with van der Waals surface area (Å²) in [5.74, 6) is 0.121. The van der Waals surface area contributed by atoms with Gasteiger partial charge in [-0.15, -0.1) is 0 Å². The normalized spacial score (nSPS) is 18.5. The summed E-state index contributed by atoms with van der Waals surface area (Å²) in [5, 5.41) is 1.13. The summed E-state index contributed by atoms with van der Waals surface area (Å²) in [6, 6.07) is 12.1. The number of aromatic nitrogens is 2. The zero-order chi connectivity index (χ0) is 16.4. The molecule has 2 aromatic heterocycles. The number of likely N-dealkylation sites (tertiary alicyclic amines) is 1. The Labute approximate surface area is 141 Å². The largest absolute Gasteiger partial charge is 0.361 e. The fourth-order valence-corrected chi connectivity index (χ4v) is 3.63. The Kier molecular flexibility index (Phi) is 4.03. The summed E-state index contributed by atoms with van der Waals surface area (Å²) >= 11 is 0. The number of pyridine rings is 1. The Hall–Kier alpha value is -2.62. The molecule has 1 aliphatic heterocycles. The first kappa shape index (κ1) is 14.9. The molecule has 3 heterocycles. The number of nitrogens with zero attached hydrogens (tertiary/aromatic N) is 2. The van der Waals surface area contributed by atoms with Crippen molar-refractivity contribution in [1.82, 2.24) is 14.9 Å². The Balaban J connectivity index is 1.68. The summed E-state index contributed by atoms with van der Waals surface area (Å²) in [6.45, 7) is 0.814. The highest BCUT2D eigenvalue weighted by atomic mass is 16.2. The number of rotatable bonds is 2. The minimum atomic E-state index is 0.121. The lowest BCUT2D eigenvalue weighted by molar-refractivity contribution is 0.0681. The van der Waals surface area contributed by atoms with Crippen LogP contribution in [0.25, 0.3) is 10.9 Å². The van der Waals surface area contributed by atoms with E-state index in [2.05, 4.69) is 9.97 Å². The molecule has 1 aromatic carbocycles. The van der Waals surface area contributed by atoms with Crippen molar-refractivity contribution in [2.24, 2.45) is 0 Å². The van der Waals surface area contributed by atoms with Crippen LogP contribution in [0.5, 0.6) is 0 Å². The first-order chi connectivity index (χ1) is 11.8. The van der Waals surface area contributed by atoms with Gasteiger partial charge in [-0.2, -0.15) is 0 Å². The van der Waals surface area contributed by atoms with E-state index in [1.54, 1.807) is 0 Å². The van der Waals surface area contributed by atoms with Crippen LogP contribution in [0.4, 0.5) is 0 Å². The minimum Gasteiger partial charge on any atom is -0.361 e. The molecule has 24 heavy (non-hydrogen) atoms. The molecular weight excluding hydrogens is 298 g/mol. The quantitative estimate of drug-likeness (QED) is 0.764. The maximum absolute atomic E-state index is 13.2. The molecule has 1 N–H and O–H groups in total. The van der Waals surface area contributed by atoms with Gasteiger partial charge in [0.05, 0.1) is 6.04 Å². The van der Waals surface area contributed by atoms with Crippen molar-refractivity contribution in [2.45, 2.75) is 31.7 Å². The van der Waals surface area contributed by atoms with Gasteiger partial charge in [0.2, 0.25) is 0 Å². The summed E-state index contributed by atoms with van der Waals surface area (Å²) in [5.41, 5.74) is 2.95. The Morgan fingerprint density at radius 2 is 1.96 bits per heavy atom. The fourth-order valence-electron chi connectivity index (χ4n) is 3.63. The average molecular weight is 319 g/mol. The maximum Gasteiger partial charge on any atom is 0.254 e. The molecule has 1 saturated heterocycles. The number of fused-ring (bicyclic) bond motifs is 1. The van der Waals surface area contributed by atoms with Crippen LogP contribution in [-0.2, 0) is 0 Å². The molecule has 122 valence electrons. The van der Waals surface area contributed by atoms with Crippen LogP contribution in [0.3, 0.4) is 0 Å². The Bertz CT molecular complexity index is 840. The summed E-state index contributed by atoms with van der Waals surface area (Å²) in [4.78, 5) is 22.6. The molecule has 1 fully saturated rings. The SMILES string of the molecule is O=C(c1ccc2cc[nH]c2c1)N1CCCCC[C@@H]1c1ccncc1. The van der Waals surface area contributed by atoms with Crippen molar-refractivity contribution in [1.29, 1.82) is 0 Å². The highest BCUT2D eigenvalue weighted by molar-refractivity contribution is 5.98. The third-order valence-corrected chi connectivity index (χ3v) is 4.91. The lowest BCUT2D eigenvalue weighted by Crippen LogP contribution is -2.34. The number of benzene rings is 1. The number of hydrogen-bond donors (Lipinski definition) is 1. The number of hydrogen-bond acceptors (Lipinski definition) is 2. The Morgan fingerprint density at radius 1 is 1.08 bits per heavy atom. The van der Waals surface area contributed by atoms with Crippen LogP contribution in [0, 0.1) is 0 Å². The molecule has 4 heteroatoms. The van der Waals surface area contributed by atoms with E-state index < -0.39 is 0 Å². The fraction of sp³-hybridized carbons (Fsp3) is 0.300. The topological polar surface area (TPSA) is 49.0 Å². The van der Waals surface area contributed by atoms with Gasteiger partial charge in [-0.1, -0.05) is 18.9 Å². The van der Waals surface area contributed by atoms with E-state index in [1.807, 2.05) is 59.9 Å². The first-order valence-electron chi connectivity index (χ1n) is 8.61. The number of carbonyl (C=O) groups excluding carboxylic acids is 1. The van der Waals surface area contributed by atoms with E-state index in [9.17, 15) is 4.79 Å². The van der Waals surface area contributed by atoms with Crippen LogP contribution in [-0.4, -0.2) is 27.3 Å². The molecule has 0 saturated carbocycles. The number of aromatic amines is 1. The van der Waals surface area contributed by atoms with E-state index in [1.165, 1.54) is 12.0 Å². The van der Waals surface area contributed by atoms with Crippen LogP contribution in [0.2, 0.25) is 0 Å². The second-order valence-electron chi connectivity index (χ2n) is 6.42. The maximum atomic E-state index is 13.2. The summed E-state index contributed by atoms with van der Waals surface area (Å²) in [7, 11) is 0. The van der Waals surface area contributed by atoms with Crippen LogP contribution in [0.15, 0.2) is 55.0 Å². The average Bonchev–Trinajstić information content (AvgIpc) is 2.96. The monoisotopic (exact) mass is 319 g/mol. The van der Waals surface area contributed by atoms with Crippen molar-refractivity contribution >= 4 is 16.8 Å². The van der Waals surface area contributed by atoms with E-state index in [0.717, 1.165) is 42.3 Å². The molecule has 0 spiro atoms. The van der Waals surface area contributed by atoms with Crippen LogP contribution >= 0.6 is 0 Å². The van der Waals surface area contributed by atoms with E-state index >= 15 is 0 Å². The molecule has 0 radical (unpaired) electrons. The number of nitrogens with one attached hydrogen (secondary N) is 1. The molecule has 3 aromatic rings. The lowest BCUT2D eigenvalue weighted by atomic mass is 10.0. The van der Waals surface area contributed by atoms with Crippen molar-refractivity contribution in [3.8, 4) is 0 Å². The predicted octanol–water partition coefficient (Wildman–Crippen LogP) is 4.32. The van der Waals surface area contributed by atoms with Gasteiger partial charge in [0.15, 0.2) is 0 Å². The van der Waals surface area contributed by atoms with Gasteiger partial charge in [-0.05, 0) is 54.1 Å². The molecular formula is C20H21N3O. The van der Waals surface area contributed by atoms with Crippen molar-refractivity contribution in [2.75, 3.05) is 6.54 Å². The number of amides is 1. The number of carbonyl (C=O) groups is 1. The van der Waals surface area contributed by atoms with Gasteiger partial charge < -0.3 is 9.88 Å². The molecule has 1 atom stereocenters. The van der Waals surface area contributed by atoms with Crippen molar-refractivity contribution in [3.63, 3.8) is 0 Å². The van der Waals surface area contributed by atoms with Crippen molar-refractivity contribution < 1.29 is 4.79 Å². The molecule has 4 nitrogen and oxygen atoms in total. The first-order valence-corrected chi connectivity index (χ1v) is 8.61.